The van der Waals surface area contributed by atoms with Crippen molar-refractivity contribution in [1.29, 1.82) is 0 Å². The van der Waals surface area contributed by atoms with Crippen molar-refractivity contribution in [3.05, 3.63) is 40.2 Å². The molecular formula is C18H23N3O3. The first-order valence-electron chi connectivity index (χ1n) is 8.43. The van der Waals surface area contributed by atoms with E-state index in [2.05, 4.69) is 16.4 Å². The fourth-order valence-electron chi connectivity index (χ4n) is 2.96. The highest BCUT2D eigenvalue weighted by molar-refractivity contribution is 5.71. The van der Waals surface area contributed by atoms with Gasteiger partial charge in [-0.25, -0.2) is 0 Å². The molecule has 24 heavy (non-hydrogen) atoms. The molecule has 1 aromatic heterocycles. The molecule has 0 saturated carbocycles. The van der Waals surface area contributed by atoms with Crippen LogP contribution in [0.5, 0.6) is 5.88 Å². The smallest absolute Gasteiger partial charge is 0.294 e. The van der Waals surface area contributed by atoms with E-state index in [1.807, 2.05) is 32.0 Å². The first-order chi connectivity index (χ1) is 11.8. The van der Waals surface area contributed by atoms with Gasteiger partial charge in [-0.1, -0.05) is 24.3 Å². The maximum absolute atomic E-state index is 12.8. The van der Waals surface area contributed by atoms with Crippen LogP contribution in [0.3, 0.4) is 0 Å². The van der Waals surface area contributed by atoms with Crippen LogP contribution in [-0.4, -0.2) is 35.9 Å². The monoisotopic (exact) mass is 329 g/mol. The number of rotatable bonds is 7. The van der Waals surface area contributed by atoms with Crippen molar-refractivity contribution in [3.63, 3.8) is 0 Å². The van der Waals surface area contributed by atoms with Crippen molar-refractivity contribution in [2.75, 3.05) is 31.7 Å². The summed E-state index contributed by atoms with van der Waals surface area (Å²) in [4.78, 5) is 17.2. The lowest BCUT2D eigenvalue weighted by atomic mass is 9.98. The van der Waals surface area contributed by atoms with Gasteiger partial charge >= 0.3 is 0 Å². The van der Waals surface area contributed by atoms with Crippen molar-refractivity contribution in [2.45, 2.75) is 26.8 Å². The lowest BCUT2D eigenvalue weighted by Crippen LogP contribution is -2.31. The lowest BCUT2D eigenvalue weighted by molar-refractivity contribution is 0.158. The van der Waals surface area contributed by atoms with Crippen molar-refractivity contribution in [2.24, 2.45) is 0 Å². The molecule has 0 amide bonds. The fraction of sp³-hybridized carbons (Fsp3) is 0.444. The molecule has 0 bridgehead atoms. The molecule has 0 aliphatic carbocycles. The zero-order valence-electron chi connectivity index (χ0n) is 14.2. The minimum atomic E-state index is -0.112. The van der Waals surface area contributed by atoms with Gasteiger partial charge in [0.1, 0.15) is 5.69 Å². The Morgan fingerprint density at radius 3 is 2.88 bits per heavy atom. The van der Waals surface area contributed by atoms with E-state index >= 15 is 0 Å². The fourth-order valence-corrected chi connectivity index (χ4v) is 2.96. The number of anilines is 1. The molecule has 1 aliphatic rings. The Morgan fingerprint density at radius 2 is 2.08 bits per heavy atom. The van der Waals surface area contributed by atoms with Gasteiger partial charge in [-0.05, 0) is 25.8 Å². The molecule has 6 nitrogen and oxygen atoms in total. The van der Waals surface area contributed by atoms with E-state index in [1.54, 1.807) is 4.57 Å². The normalized spacial score (nSPS) is 12.4. The predicted octanol–water partition coefficient (Wildman–Crippen LogP) is 2.31. The second kappa shape index (κ2) is 7.49. The molecular weight excluding hydrogens is 306 g/mol. The Kier molecular flexibility index (Phi) is 5.15. The van der Waals surface area contributed by atoms with E-state index in [0.717, 1.165) is 17.7 Å². The molecule has 1 aliphatic heterocycles. The van der Waals surface area contributed by atoms with Crippen molar-refractivity contribution in [3.8, 4) is 17.1 Å². The quantitative estimate of drug-likeness (QED) is 0.790. The summed E-state index contributed by atoms with van der Waals surface area (Å²) in [7, 11) is 0. The molecule has 0 unspecified atom stereocenters. The molecule has 0 spiro atoms. The molecule has 0 fully saturated rings. The second-order valence-electron chi connectivity index (χ2n) is 5.53. The Hall–Kier alpha value is -2.34. The van der Waals surface area contributed by atoms with Crippen LogP contribution in [-0.2, 0) is 17.7 Å². The Balaban J connectivity index is 2.02. The summed E-state index contributed by atoms with van der Waals surface area (Å²) in [6, 6.07) is 8.10. The Labute approximate surface area is 141 Å². The number of hydrogen-bond acceptors (Lipinski definition) is 5. The van der Waals surface area contributed by atoms with Crippen LogP contribution in [0, 0.1) is 0 Å². The third-order valence-electron chi connectivity index (χ3n) is 4.03. The number of benzene rings is 1. The highest BCUT2D eigenvalue weighted by Crippen LogP contribution is 2.34. The maximum atomic E-state index is 12.8. The summed E-state index contributed by atoms with van der Waals surface area (Å²) >= 11 is 0. The van der Waals surface area contributed by atoms with Crippen LogP contribution < -0.4 is 15.6 Å². The van der Waals surface area contributed by atoms with Gasteiger partial charge in [-0.15, -0.1) is 0 Å². The van der Waals surface area contributed by atoms with E-state index in [4.69, 9.17) is 9.47 Å². The van der Waals surface area contributed by atoms with E-state index in [0.29, 0.717) is 44.6 Å². The third-order valence-corrected chi connectivity index (χ3v) is 4.03. The van der Waals surface area contributed by atoms with E-state index in [1.165, 1.54) is 5.56 Å². The van der Waals surface area contributed by atoms with Crippen molar-refractivity contribution >= 4 is 5.82 Å². The standard InChI is InChI=1S/C18H23N3O3/c1-3-23-12-10-19-16-18(22)21-11-9-13-7-5-6-8-14(13)15(21)17(20-16)24-4-2/h5-8H,3-4,9-12H2,1-2H3,(H,19,20). The number of nitrogens with zero attached hydrogens (tertiary/aromatic N) is 2. The van der Waals surface area contributed by atoms with Gasteiger partial charge in [0.15, 0.2) is 5.82 Å². The Bertz CT molecular complexity index is 771. The summed E-state index contributed by atoms with van der Waals surface area (Å²) in [5, 5.41) is 3.07. The number of aryl methyl sites for hydroxylation is 1. The molecule has 3 rings (SSSR count). The van der Waals surface area contributed by atoms with Crippen molar-refractivity contribution < 1.29 is 9.47 Å². The average Bonchev–Trinajstić information content (AvgIpc) is 2.61. The van der Waals surface area contributed by atoms with Crippen LogP contribution in [0.2, 0.25) is 0 Å². The van der Waals surface area contributed by atoms with Gasteiger partial charge in [-0.2, -0.15) is 4.98 Å². The maximum Gasteiger partial charge on any atom is 0.294 e. The number of ether oxygens (including phenoxy) is 2. The number of nitrogens with one attached hydrogen (secondary N) is 1. The van der Waals surface area contributed by atoms with Gasteiger partial charge in [0.05, 0.1) is 13.2 Å². The average molecular weight is 329 g/mol. The van der Waals surface area contributed by atoms with Gasteiger partial charge in [0.2, 0.25) is 5.88 Å². The van der Waals surface area contributed by atoms with Crippen LogP contribution in [0.15, 0.2) is 29.1 Å². The SMILES string of the molecule is CCOCCNc1nc(OCC)c2n(c1=O)CCc1ccccc1-2. The minimum Gasteiger partial charge on any atom is -0.476 e. The van der Waals surface area contributed by atoms with Crippen LogP contribution >= 0.6 is 0 Å². The van der Waals surface area contributed by atoms with Crippen LogP contribution in [0.4, 0.5) is 5.82 Å². The summed E-state index contributed by atoms with van der Waals surface area (Å²) in [5.74, 6) is 0.824. The summed E-state index contributed by atoms with van der Waals surface area (Å²) in [5.41, 5.74) is 2.91. The predicted molar refractivity (Wildman–Crippen MR) is 93.8 cm³/mol. The topological polar surface area (TPSA) is 65.4 Å². The molecule has 0 atom stereocenters. The molecule has 1 aromatic carbocycles. The number of hydrogen-bond donors (Lipinski definition) is 1. The van der Waals surface area contributed by atoms with E-state index in [9.17, 15) is 4.79 Å². The molecule has 2 aromatic rings. The third kappa shape index (κ3) is 3.14. The van der Waals surface area contributed by atoms with Crippen LogP contribution in [0.25, 0.3) is 11.3 Å². The highest BCUT2D eigenvalue weighted by Gasteiger charge is 2.24. The molecule has 0 saturated heterocycles. The van der Waals surface area contributed by atoms with Gasteiger partial charge < -0.3 is 19.4 Å². The number of aromatic nitrogens is 2. The van der Waals surface area contributed by atoms with Gasteiger partial charge in [0.25, 0.3) is 5.56 Å². The zero-order chi connectivity index (χ0) is 16.9. The van der Waals surface area contributed by atoms with Gasteiger partial charge in [-0.3, -0.25) is 4.79 Å². The first-order valence-corrected chi connectivity index (χ1v) is 8.43. The highest BCUT2D eigenvalue weighted by atomic mass is 16.5. The van der Waals surface area contributed by atoms with E-state index < -0.39 is 0 Å². The Morgan fingerprint density at radius 1 is 1.25 bits per heavy atom. The summed E-state index contributed by atoms with van der Waals surface area (Å²) in [6.07, 6.45) is 0.830. The molecule has 128 valence electrons. The lowest BCUT2D eigenvalue weighted by Gasteiger charge is -2.24. The summed E-state index contributed by atoms with van der Waals surface area (Å²) < 4.78 is 12.8. The van der Waals surface area contributed by atoms with Crippen molar-refractivity contribution in [1.82, 2.24) is 9.55 Å². The minimum absolute atomic E-state index is 0.112. The van der Waals surface area contributed by atoms with E-state index in [-0.39, 0.29) is 5.56 Å². The molecule has 2 heterocycles. The molecule has 1 N–H and O–H groups in total. The largest absolute Gasteiger partial charge is 0.476 e. The molecule has 6 heteroatoms. The summed E-state index contributed by atoms with van der Waals surface area (Å²) in [6.45, 7) is 6.72. The second-order valence-corrected chi connectivity index (χ2v) is 5.53. The zero-order valence-corrected chi connectivity index (χ0v) is 14.2. The van der Waals surface area contributed by atoms with Gasteiger partial charge in [0, 0.05) is 25.3 Å². The van der Waals surface area contributed by atoms with Crippen LogP contribution in [0.1, 0.15) is 19.4 Å². The number of fused-ring (bicyclic) bond motifs is 3. The first kappa shape index (κ1) is 16.5. The molecule has 0 radical (unpaired) electrons.